The van der Waals surface area contributed by atoms with Crippen LogP contribution in [-0.2, 0) is 6.42 Å². The largest absolute Gasteiger partial charge is 0.388 e. The highest BCUT2D eigenvalue weighted by Crippen LogP contribution is 2.14. The van der Waals surface area contributed by atoms with Gasteiger partial charge in [0.2, 0.25) is 0 Å². The van der Waals surface area contributed by atoms with Gasteiger partial charge >= 0.3 is 0 Å². The maximum absolute atomic E-state index is 9.44. The molecular weight excluding hydrogens is 190 g/mol. The van der Waals surface area contributed by atoms with Gasteiger partial charge in [-0.15, -0.1) is 0 Å². The third kappa shape index (κ3) is 2.55. The Labute approximate surface area is 88.8 Å². The van der Waals surface area contributed by atoms with E-state index in [1.807, 2.05) is 18.2 Å². The van der Waals surface area contributed by atoms with Gasteiger partial charge in [0.15, 0.2) is 0 Å². The molecule has 4 N–H and O–H groups in total. The fourth-order valence-corrected chi connectivity index (χ4v) is 1.74. The molecule has 0 aliphatic carbocycles. The zero-order chi connectivity index (χ0) is 10.7. The summed E-state index contributed by atoms with van der Waals surface area (Å²) < 4.78 is 0. The van der Waals surface area contributed by atoms with Crippen LogP contribution in [0.4, 0.5) is 5.82 Å². The Bertz CT molecular complexity index is 376. The lowest BCUT2D eigenvalue weighted by molar-refractivity contribution is 0.213. The molecule has 0 amide bonds. The number of aliphatic hydroxyl groups is 1. The van der Waals surface area contributed by atoms with Crippen LogP contribution in [0.15, 0.2) is 30.0 Å². The molecule has 0 aromatic carbocycles. The topological polar surface area (TPSA) is 71.2 Å². The maximum atomic E-state index is 9.44. The van der Waals surface area contributed by atoms with Crippen LogP contribution < -0.4 is 11.1 Å². The lowest BCUT2D eigenvalue weighted by atomic mass is 10.0. The number of nitrogens with zero attached hydrogens (tertiary/aromatic N) is 1. The Morgan fingerprint density at radius 2 is 2.47 bits per heavy atom. The summed E-state index contributed by atoms with van der Waals surface area (Å²) in [5.74, 6) is 0.568. The van der Waals surface area contributed by atoms with Crippen LogP contribution in [0, 0.1) is 0 Å². The number of aliphatic hydroxyl groups excluding tert-OH is 1. The Hall–Kier alpha value is -1.39. The van der Waals surface area contributed by atoms with E-state index in [1.54, 1.807) is 6.20 Å². The predicted octanol–water partition coefficient (Wildman–Crippen LogP) is 0.0968. The van der Waals surface area contributed by atoms with Gasteiger partial charge in [-0.2, -0.15) is 0 Å². The van der Waals surface area contributed by atoms with E-state index in [4.69, 9.17) is 5.73 Å². The van der Waals surface area contributed by atoms with Crippen LogP contribution in [-0.4, -0.2) is 29.3 Å². The van der Waals surface area contributed by atoms with Crippen LogP contribution in [0.1, 0.15) is 5.56 Å². The summed E-state index contributed by atoms with van der Waals surface area (Å²) in [7, 11) is 0. The first-order chi connectivity index (χ1) is 7.25. The minimum absolute atomic E-state index is 0.383. The SMILES string of the molecule is Nc1ncccc1CC1=CC(O)CNC1. The lowest BCUT2D eigenvalue weighted by Crippen LogP contribution is -2.32. The van der Waals surface area contributed by atoms with Crippen molar-refractivity contribution in [2.45, 2.75) is 12.5 Å². The molecule has 1 unspecified atom stereocenters. The molecule has 2 rings (SSSR count). The molecule has 15 heavy (non-hydrogen) atoms. The van der Waals surface area contributed by atoms with Gasteiger partial charge in [0.25, 0.3) is 0 Å². The molecule has 2 heterocycles. The second-order valence-electron chi connectivity index (χ2n) is 3.75. The zero-order valence-electron chi connectivity index (χ0n) is 8.48. The van der Waals surface area contributed by atoms with Crippen LogP contribution in [0.2, 0.25) is 0 Å². The normalized spacial score (nSPS) is 21.1. The summed E-state index contributed by atoms with van der Waals surface area (Å²) in [6.07, 6.45) is 3.94. The third-order valence-electron chi connectivity index (χ3n) is 2.48. The molecule has 0 saturated heterocycles. The third-order valence-corrected chi connectivity index (χ3v) is 2.48. The summed E-state index contributed by atoms with van der Waals surface area (Å²) in [6.45, 7) is 1.44. The first-order valence-electron chi connectivity index (χ1n) is 5.03. The molecule has 4 heteroatoms. The number of aromatic nitrogens is 1. The van der Waals surface area contributed by atoms with E-state index in [-0.39, 0.29) is 6.10 Å². The number of rotatable bonds is 2. The van der Waals surface area contributed by atoms with Gasteiger partial charge in [-0.05, 0) is 18.1 Å². The van der Waals surface area contributed by atoms with Crippen molar-refractivity contribution in [2.24, 2.45) is 0 Å². The monoisotopic (exact) mass is 205 g/mol. The predicted molar refractivity (Wildman–Crippen MR) is 59.3 cm³/mol. The summed E-state index contributed by atoms with van der Waals surface area (Å²) in [4.78, 5) is 4.03. The van der Waals surface area contributed by atoms with Crippen molar-refractivity contribution >= 4 is 5.82 Å². The second kappa shape index (κ2) is 4.42. The van der Waals surface area contributed by atoms with E-state index in [0.29, 0.717) is 12.4 Å². The molecule has 0 saturated carbocycles. The van der Waals surface area contributed by atoms with Crippen molar-refractivity contribution in [3.63, 3.8) is 0 Å². The van der Waals surface area contributed by atoms with E-state index in [0.717, 1.165) is 24.1 Å². The molecule has 1 aliphatic heterocycles. The summed E-state index contributed by atoms with van der Waals surface area (Å²) in [5, 5.41) is 12.6. The van der Waals surface area contributed by atoms with Crippen LogP contribution >= 0.6 is 0 Å². The number of hydrogen-bond donors (Lipinski definition) is 3. The Kier molecular flexibility index (Phi) is 2.99. The Morgan fingerprint density at radius 1 is 1.60 bits per heavy atom. The smallest absolute Gasteiger partial charge is 0.126 e. The first-order valence-corrected chi connectivity index (χ1v) is 5.03. The van der Waals surface area contributed by atoms with Gasteiger partial charge < -0.3 is 16.2 Å². The molecule has 1 aromatic rings. The number of nitrogen functional groups attached to an aromatic ring is 1. The number of hydrogen-bond acceptors (Lipinski definition) is 4. The highest BCUT2D eigenvalue weighted by molar-refractivity contribution is 5.41. The van der Waals surface area contributed by atoms with Gasteiger partial charge in [-0.3, -0.25) is 0 Å². The molecule has 1 aromatic heterocycles. The van der Waals surface area contributed by atoms with Crippen LogP contribution in [0.5, 0.6) is 0 Å². The van der Waals surface area contributed by atoms with Crippen molar-refractivity contribution < 1.29 is 5.11 Å². The number of anilines is 1. The van der Waals surface area contributed by atoms with Crippen molar-refractivity contribution in [1.29, 1.82) is 0 Å². The molecule has 0 fully saturated rings. The Morgan fingerprint density at radius 3 is 3.20 bits per heavy atom. The number of nitrogens with two attached hydrogens (primary N) is 1. The Balaban J connectivity index is 2.12. The minimum Gasteiger partial charge on any atom is -0.388 e. The van der Waals surface area contributed by atoms with Crippen molar-refractivity contribution in [1.82, 2.24) is 10.3 Å². The van der Waals surface area contributed by atoms with Gasteiger partial charge in [0.05, 0.1) is 6.10 Å². The van der Waals surface area contributed by atoms with Gasteiger partial charge in [-0.25, -0.2) is 4.98 Å². The van der Waals surface area contributed by atoms with Crippen LogP contribution in [0.25, 0.3) is 0 Å². The molecule has 0 radical (unpaired) electrons. The van der Waals surface area contributed by atoms with Gasteiger partial charge in [0, 0.05) is 19.3 Å². The highest BCUT2D eigenvalue weighted by atomic mass is 16.3. The summed E-state index contributed by atoms with van der Waals surface area (Å²) >= 11 is 0. The number of β-amino-alcohol motifs (C(OH)–C–C–N with tert-alkyl or cyclic N) is 1. The fourth-order valence-electron chi connectivity index (χ4n) is 1.74. The lowest BCUT2D eigenvalue weighted by Gasteiger charge is -2.18. The second-order valence-corrected chi connectivity index (χ2v) is 3.75. The average Bonchev–Trinajstić information content (AvgIpc) is 2.22. The molecule has 1 atom stereocenters. The minimum atomic E-state index is -0.383. The van der Waals surface area contributed by atoms with E-state index >= 15 is 0 Å². The average molecular weight is 205 g/mol. The van der Waals surface area contributed by atoms with E-state index < -0.39 is 0 Å². The van der Waals surface area contributed by atoms with Crippen molar-refractivity contribution in [3.8, 4) is 0 Å². The number of pyridine rings is 1. The van der Waals surface area contributed by atoms with Crippen LogP contribution in [0.3, 0.4) is 0 Å². The van der Waals surface area contributed by atoms with Gasteiger partial charge in [0.1, 0.15) is 5.82 Å². The van der Waals surface area contributed by atoms with Crippen molar-refractivity contribution in [3.05, 3.63) is 35.5 Å². The molecule has 4 nitrogen and oxygen atoms in total. The number of nitrogens with one attached hydrogen (secondary N) is 1. The first kappa shape index (κ1) is 10.1. The zero-order valence-corrected chi connectivity index (χ0v) is 8.48. The highest BCUT2D eigenvalue weighted by Gasteiger charge is 2.11. The van der Waals surface area contributed by atoms with E-state index in [1.165, 1.54) is 0 Å². The molecule has 80 valence electrons. The molecule has 0 spiro atoms. The van der Waals surface area contributed by atoms with E-state index in [9.17, 15) is 5.11 Å². The maximum Gasteiger partial charge on any atom is 0.126 e. The molecule has 0 bridgehead atoms. The summed E-state index contributed by atoms with van der Waals surface area (Å²) in [6, 6.07) is 3.84. The molecular formula is C11H15N3O. The standard InChI is InChI=1S/C11H15N3O/c12-11-9(2-1-3-14-11)4-8-5-10(15)7-13-6-8/h1-3,5,10,13,15H,4,6-7H2,(H2,12,14). The fraction of sp³-hybridized carbons (Fsp3) is 0.364. The van der Waals surface area contributed by atoms with Crippen molar-refractivity contribution in [2.75, 3.05) is 18.8 Å². The van der Waals surface area contributed by atoms with Gasteiger partial charge in [-0.1, -0.05) is 17.7 Å². The quantitative estimate of drug-likeness (QED) is 0.599. The summed E-state index contributed by atoms with van der Waals surface area (Å²) in [5.41, 5.74) is 7.93. The van der Waals surface area contributed by atoms with E-state index in [2.05, 4.69) is 10.3 Å². The molecule has 1 aliphatic rings.